The molecule has 0 aromatic rings. The van der Waals surface area contributed by atoms with Crippen molar-refractivity contribution in [3.63, 3.8) is 0 Å². The minimum Gasteiger partial charge on any atom is -0.324 e. The van der Waals surface area contributed by atoms with Crippen LogP contribution in [0.25, 0.3) is 0 Å². The van der Waals surface area contributed by atoms with Crippen LogP contribution in [0.2, 0.25) is 0 Å². The van der Waals surface area contributed by atoms with E-state index in [-0.39, 0.29) is 5.54 Å². The average molecular weight is 198 g/mol. The fourth-order valence-corrected chi connectivity index (χ4v) is 2.46. The van der Waals surface area contributed by atoms with Crippen LogP contribution in [-0.2, 0) is 0 Å². The Morgan fingerprint density at radius 2 is 1.71 bits per heavy atom. The molecule has 1 saturated heterocycles. The standard InChI is InChI=1S/C12H26N2/c1-3-8-12(2,13)11-14-9-6-4-5-7-10-14/h3-11,13H2,1-2H3. The fourth-order valence-electron chi connectivity index (χ4n) is 2.46. The molecule has 0 radical (unpaired) electrons. The minimum absolute atomic E-state index is 0.0269. The molecule has 2 heteroatoms. The van der Waals surface area contributed by atoms with Crippen LogP contribution >= 0.6 is 0 Å². The van der Waals surface area contributed by atoms with Gasteiger partial charge in [-0.25, -0.2) is 0 Å². The molecular weight excluding hydrogens is 172 g/mol. The Bertz CT molecular complexity index is 146. The van der Waals surface area contributed by atoms with Gasteiger partial charge in [0.05, 0.1) is 0 Å². The molecule has 14 heavy (non-hydrogen) atoms. The van der Waals surface area contributed by atoms with Crippen molar-refractivity contribution in [3.05, 3.63) is 0 Å². The third kappa shape index (κ3) is 4.43. The molecule has 1 atom stereocenters. The zero-order chi connectivity index (χ0) is 10.4. The Hall–Kier alpha value is -0.0800. The van der Waals surface area contributed by atoms with E-state index in [0.717, 1.165) is 13.0 Å². The Labute approximate surface area is 88.8 Å². The van der Waals surface area contributed by atoms with Gasteiger partial charge in [0.2, 0.25) is 0 Å². The van der Waals surface area contributed by atoms with Gasteiger partial charge >= 0.3 is 0 Å². The first-order valence-electron chi connectivity index (χ1n) is 6.15. The zero-order valence-electron chi connectivity index (χ0n) is 9.89. The van der Waals surface area contributed by atoms with Crippen molar-refractivity contribution in [3.8, 4) is 0 Å². The van der Waals surface area contributed by atoms with E-state index in [2.05, 4.69) is 18.7 Å². The molecule has 1 fully saturated rings. The second kappa shape index (κ2) is 5.72. The predicted molar refractivity (Wildman–Crippen MR) is 62.4 cm³/mol. The van der Waals surface area contributed by atoms with Gasteiger partial charge in [-0.2, -0.15) is 0 Å². The largest absolute Gasteiger partial charge is 0.324 e. The van der Waals surface area contributed by atoms with Crippen LogP contribution in [0.5, 0.6) is 0 Å². The molecule has 0 saturated carbocycles. The average Bonchev–Trinajstić information content (AvgIpc) is 2.31. The van der Waals surface area contributed by atoms with Gasteiger partial charge in [-0.1, -0.05) is 26.2 Å². The summed E-state index contributed by atoms with van der Waals surface area (Å²) in [7, 11) is 0. The van der Waals surface area contributed by atoms with E-state index in [9.17, 15) is 0 Å². The van der Waals surface area contributed by atoms with Crippen molar-refractivity contribution in [1.82, 2.24) is 4.90 Å². The van der Waals surface area contributed by atoms with Gasteiger partial charge in [0.25, 0.3) is 0 Å². The summed E-state index contributed by atoms with van der Waals surface area (Å²) < 4.78 is 0. The van der Waals surface area contributed by atoms with Gasteiger partial charge in [-0.3, -0.25) is 0 Å². The van der Waals surface area contributed by atoms with E-state index < -0.39 is 0 Å². The quantitative estimate of drug-likeness (QED) is 0.751. The molecule has 0 aromatic carbocycles. The second-order valence-corrected chi connectivity index (χ2v) is 5.09. The van der Waals surface area contributed by atoms with Gasteiger partial charge in [0, 0.05) is 12.1 Å². The lowest BCUT2D eigenvalue weighted by atomic mass is 9.97. The van der Waals surface area contributed by atoms with E-state index in [1.54, 1.807) is 0 Å². The van der Waals surface area contributed by atoms with E-state index in [1.807, 2.05) is 0 Å². The maximum absolute atomic E-state index is 6.27. The summed E-state index contributed by atoms with van der Waals surface area (Å²) in [5.41, 5.74) is 6.29. The molecule has 1 aliphatic heterocycles. The number of hydrogen-bond acceptors (Lipinski definition) is 2. The highest BCUT2D eigenvalue weighted by Crippen LogP contribution is 2.15. The van der Waals surface area contributed by atoms with Crippen LogP contribution < -0.4 is 5.73 Å². The first-order chi connectivity index (χ1) is 6.64. The summed E-state index contributed by atoms with van der Waals surface area (Å²) in [6, 6.07) is 0. The monoisotopic (exact) mass is 198 g/mol. The van der Waals surface area contributed by atoms with Crippen LogP contribution in [0.4, 0.5) is 0 Å². The Balaban J connectivity index is 2.33. The highest BCUT2D eigenvalue weighted by Gasteiger charge is 2.21. The minimum atomic E-state index is 0.0269. The number of likely N-dealkylation sites (tertiary alicyclic amines) is 1. The van der Waals surface area contributed by atoms with Gasteiger partial charge in [-0.05, 0) is 39.3 Å². The van der Waals surface area contributed by atoms with E-state index in [1.165, 1.54) is 45.2 Å². The molecule has 0 bridgehead atoms. The number of hydrogen-bond donors (Lipinski definition) is 1. The highest BCUT2D eigenvalue weighted by molar-refractivity contribution is 4.82. The lowest BCUT2D eigenvalue weighted by Gasteiger charge is -2.31. The first-order valence-corrected chi connectivity index (χ1v) is 6.15. The van der Waals surface area contributed by atoms with Crippen molar-refractivity contribution in [1.29, 1.82) is 0 Å². The summed E-state index contributed by atoms with van der Waals surface area (Å²) in [6.45, 7) is 8.02. The molecule has 84 valence electrons. The molecule has 0 spiro atoms. The zero-order valence-corrected chi connectivity index (χ0v) is 9.89. The number of nitrogens with two attached hydrogens (primary N) is 1. The van der Waals surface area contributed by atoms with E-state index >= 15 is 0 Å². The molecule has 1 rings (SSSR count). The first kappa shape index (κ1) is 12.0. The van der Waals surface area contributed by atoms with Gasteiger partial charge in [-0.15, -0.1) is 0 Å². The topological polar surface area (TPSA) is 29.3 Å². The van der Waals surface area contributed by atoms with Crippen LogP contribution in [0.3, 0.4) is 0 Å². The Morgan fingerprint density at radius 3 is 2.21 bits per heavy atom. The van der Waals surface area contributed by atoms with Gasteiger partial charge in [0.1, 0.15) is 0 Å². The van der Waals surface area contributed by atoms with Crippen molar-refractivity contribution in [2.45, 2.75) is 57.9 Å². The van der Waals surface area contributed by atoms with Crippen LogP contribution in [0, 0.1) is 0 Å². The molecule has 1 aliphatic rings. The summed E-state index contributed by atoms with van der Waals surface area (Å²) in [5, 5.41) is 0. The highest BCUT2D eigenvalue weighted by atomic mass is 15.1. The molecule has 0 aliphatic carbocycles. The maximum atomic E-state index is 6.27. The molecule has 1 unspecified atom stereocenters. The van der Waals surface area contributed by atoms with Crippen molar-refractivity contribution >= 4 is 0 Å². The normalized spacial score (nSPS) is 24.2. The summed E-state index contributed by atoms with van der Waals surface area (Å²) in [4.78, 5) is 2.56. The summed E-state index contributed by atoms with van der Waals surface area (Å²) in [5.74, 6) is 0. The third-order valence-corrected chi connectivity index (χ3v) is 3.10. The van der Waals surface area contributed by atoms with E-state index in [4.69, 9.17) is 5.73 Å². The van der Waals surface area contributed by atoms with E-state index in [0.29, 0.717) is 0 Å². The molecular formula is C12H26N2. The predicted octanol–water partition coefficient (Wildman–Crippen LogP) is 2.38. The van der Waals surface area contributed by atoms with Crippen LogP contribution in [0.1, 0.15) is 52.4 Å². The molecule has 1 heterocycles. The lowest BCUT2D eigenvalue weighted by molar-refractivity contribution is 0.216. The van der Waals surface area contributed by atoms with Crippen molar-refractivity contribution < 1.29 is 0 Å². The Morgan fingerprint density at radius 1 is 1.14 bits per heavy atom. The smallest absolute Gasteiger partial charge is 0.0254 e. The number of nitrogens with zero attached hydrogens (tertiary/aromatic N) is 1. The van der Waals surface area contributed by atoms with Gasteiger partial charge < -0.3 is 10.6 Å². The van der Waals surface area contributed by atoms with Crippen LogP contribution in [0.15, 0.2) is 0 Å². The molecule has 0 aromatic heterocycles. The SMILES string of the molecule is CCCC(C)(N)CN1CCCCCC1. The molecule has 0 amide bonds. The van der Waals surface area contributed by atoms with Crippen molar-refractivity contribution in [2.75, 3.05) is 19.6 Å². The molecule has 2 N–H and O–H groups in total. The summed E-state index contributed by atoms with van der Waals surface area (Å²) >= 11 is 0. The van der Waals surface area contributed by atoms with Gasteiger partial charge in [0.15, 0.2) is 0 Å². The Kier molecular flexibility index (Phi) is 4.90. The summed E-state index contributed by atoms with van der Waals surface area (Å²) in [6.07, 6.45) is 7.88. The molecule has 2 nitrogen and oxygen atoms in total. The third-order valence-electron chi connectivity index (χ3n) is 3.10. The second-order valence-electron chi connectivity index (χ2n) is 5.09. The fraction of sp³-hybridized carbons (Fsp3) is 1.00. The maximum Gasteiger partial charge on any atom is 0.0254 e. The van der Waals surface area contributed by atoms with Crippen molar-refractivity contribution in [2.24, 2.45) is 5.73 Å². The lowest BCUT2D eigenvalue weighted by Crippen LogP contribution is -2.48. The number of rotatable bonds is 4. The van der Waals surface area contributed by atoms with Crippen LogP contribution in [-0.4, -0.2) is 30.1 Å².